The molecular formula is C11H19. The smallest absolute Gasteiger partial charge is 0.0348 e. The maximum atomic E-state index is 3.79. The first-order valence-corrected chi connectivity index (χ1v) is 4.47. The van der Waals surface area contributed by atoms with Crippen LogP contribution in [-0.2, 0) is 0 Å². The molecule has 0 rings (SSSR count). The number of unbranched alkanes of at least 4 members (excludes halogenated alkanes) is 4. The second-order valence-corrected chi connectivity index (χ2v) is 2.69. The van der Waals surface area contributed by atoms with E-state index in [1.165, 1.54) is 25.7 Å². The van der Waals surface area contributed by atoms with Gasteiger partial charge in [-0.2, -0.15) is 0 Å². The fourth-order valence-electron chi connectivity index (χ4n) is 0.878. The maximum absolute atomic E-state index is 3.79. The molecule has 0 nitrogen and oxygen atoms in total. The molecule has 0 N–H and O–H groups in total. The van der Waals surface area contributed by atoms with Crippen molar-refractivity contribution in [3.05, 3.63) is 31.7 Å². The lowest BCUT2D eigenvalue weighted by Gasteiger charge is -1.90. The zero-order valence-electron chi connectivity index (χ0n) is 7.39. The highest BCUT2D eigenvalue weighted by atomic mass is 13.9. The molecular weight excluding hydrogens is 132 g/mol. The molecule has 11 heavy (non-hydrogen) atoms. The molecule has 0 aliphatic carbocycles. The van der Waals surface area contributed by atoms with Crippen LogP contribution >= 0.6 is 0 Å². The van der Waals surface area contributed by atoms with Gasteiger partial charge in [0.25, 0.3) is 0 Å². The first kappa shape index (κ1) is 10.5. The highest BCUT2D eigenvalue weighted by molar-refractivity contribution is 4.82. The molecule has 0 fully saturated rings. The van der Waals surface area contributed by atoms with Crippen molar-refractivity contribution in [1.29, 1.82) is 0 Å². The minimum absolute atomic E-state index is 1.05. The highest BCUT2D eigenvalue weighted by Crippen LogP contribution is 2.00. The lowest BCUT2D eigenvalue weighted by Crippen LogP contribution is -1.70. The van der Waals surface area contributed by atoms with Crippen LogP contribution in [0.3, 0.4) is 0 Å². The molecule has 0 unspecified atom stereocenters. The summed E-state index contributed by atoms with van der Waals surface area (Å²) in [5, 5.41) is 0. The van der Waals surface area contributed by atoms with Gasteiger partial charge in [-0.15, -0.1) is 6.58 Å². The summed E-state index contributed by atoms with van der Waals surface area (Å²) >= 11 is 0. The van der Waals surface area contributed by atoms with E-state index in [2.05, 4.69) is 25.7 Å². The highest BCUT2D eigenvalue weighted by Gasteiger charge is 1.80. The van der Waals surface area contributed by atoms with Crippen molar-refractivity contribution in [2.45, 2.75) is 38.5 Å². The van der Waals surface area contributed by atoms with Gasteiger partial charge in [0.15, 0.2) is 0 Å². The first-order chi connectivity index (χ1) is 5.41. The molecule has 0 saturated heterocycles. The van der Waals surface area contributed by atoms with Crippen LogP contribution in [0, 0.1) is 6.92 Å². The first-order valence-electron chi connectivity index (χ1n) is 4.47. The van der Waals surface area contributed by atoms with Gasteiger partial charge in [0, 0.05) is 0 Å². The largest absolute Gasteiger partial charge is 0.103 e. The second-order valence-electron chi connectivity index (χ2n) is 2.69. The molecule has 0 aliphatic heterocycles. The zero-order valence-corrected chi connectivity index (χ0v) is 7.39. The average Bonchev–Trinajstić information content (AvgIpc) is 2.03. The van der Waals surface area contributed by atoms with Crippen molar-refractivity contribution < 1.29 is 0 Å². The topological polar surface area (TPSA) is 0 Å². The molecule has 0 aliphatic rings. The van der Waals surface area contributed by atoms with Crippen molar-refractivity contribution in [3.8, 4) is 0 Å². The van der Waals surface area contributed by atoms with Crippen LogP contribution in [0.2, 0.25) is 0 Å². The van der Waals surface area contributed by atoms with Crippen LogP contribution in [0.4, 0.5) is 0 Å². The van der Waals surface area contributed by atoms with E-state index in [1.54, 1.807) is 0 Å². The summed E-state index contributed by atoms with van der Waals surface area (Å²) in [6.07, 6.45) is 13.5. The van der Waals surface area contributed by atoms with E-state index >= 15 is 0 Å². The summed E-state index contributed by atoms with van der Waals surface area (Å²) in [5.41, 5.74) is 0. The Morgan fingerprint density at radius 3 is 2.09 bits per heavy atom. The van der Waals surface area contributed by atoms with Crippen molar-refractivity contribution in [1.82, 2.24) is 0 Å². The summed E-state index contributed by atoms with van der Waals surface area (Å²) in [4.78, 5) is 0. The molecule has 0 aromatic heterocycles. The van der Waals surface area contributed by atoms with Crippen molar-refractivity contribution in [2.24, 2.45) is 0 Å². The van der Waals surface area contributed by atoms with Gasteiger partial charge < -0.3 is 0 Å². The Hall–Kier alpha value is -0.520. The van der Waals surface area contributed by atoms with Gasteiger partial charge in [0.1, 0.15) is 0 Å². The van der Waals surface area contributed by atoms with Crippen LogP contribution in [-0.4, -0.2) is 0 Å². The summed E-state index contributed by atoms with van der Waals surface area (Å²) in [6, 6.07) is 0. The van der Waals surface area contributed by atoms with Gasteiger partial charge in [0.05, 0.1) is 0 Å². The fraction of sp³-hybridized carbons (Fsp3) is 0.545. The Kier molecular flexibility index (Phi) is 9.03. The van der Waals surface area contributed by atoms with Gasteiger partial charge >= 0.3 is 0 Å². The van der Waals surface area contributed by atoms with E-state index in [0.717, 1.165) is 12.8 Å². The van der Waals surface area contributed by atoms with Crippen LogP contribution in [0.15, 0.2) is 24.8 Å². The molecule has 0 aromatic rings. The van der Waals surface area contributed by atoms with Gasteiger partial charge in [-0.1, -0.05) is 31.6 Å². The van der Waals surface area contributed by atoms with E-state index in [0.29, 0.717) is 0 Å². The molecule has 0 heteroatoms. The van der Waals surface area contributed by atoms with Crippen molar-refractivity contribution in [3.63, 3.8) is 0 Å². The van der Waals surface area contributed by atoms with Crippen molar-refractivity contribution >= 4 is 0 Å². The van der Waals surface area contributed by atoms with Gasteiger partial charge in [-0.25, -0.2) is 0 Å². The third-order valence-corrected chi connectivity index (χ3v) is 1.57. The Bertz CT molecular complexity index is 101. The Labute approximate surface area is 71.0 Å². The predicted molar refractivity (Wildman–Crippen MR) is 52.4 cm³/mol. The number of hydrogen-bond acceptors (Lipinski definition) is 0. The average molecular weight is 151 g/mol. The minimum atomic E-state index is 1.05. The summed E-state index contributed by atoms with van der Waals surface area (Å²) < 4.78 is 0. The van der Waals surface area contributed by atoms with Crippen molar-refractivity contribution in [2.75, 3.05) is 0 Å². The predicted octanol–water partition coefficient (Wildman–Crippen LogP) is 3.90. The molecule has 1 radical (unpaired) electrons. The number of allylic oxidation sites excluding steroid dienone is 3. The van der Waals surface area contributed by atoms with Crippen LogP contribution < -0.4 is 0 Å². The normalized spacial score (nSPS) is 10.6. The molecule has 0 atom stereocenters. The molecule has 0 bridgehead atoms. The minimum Gasteiger partial charge on any atom is -0.103 e. The lowest BCUT2D eigenvalue weighted by molar-refractivity contribution is 0.840. The summed E-state index contributed by atoms with van der Waals surface area (Å²) in [6.45, 7) is 7.46. The second kappa shape index (κ2) is 9.48. The maximum Gasteiger partial charge on any atom is -0.0348 e. The van der Waals surface area contributed by atoms with Crippen LogP contribution in [0.5, 0.6) is 0 Å². The number of hydrogen-bond donors (Lipinski definition) is 0. The quantitative estimate of drug-likeness (QED) is 0.382. The van der Waals surface area contributed by atoms with E-state index in [-0.39, 0.29) is 0 Å². The fourth-order valence-corrected chi connectivity index (χ4v) is 0.878. The van der Waals surface area contributed by atoms with Crippen LogP contribution in [0.25, 0.3) is 0 Å². The molecule has 0 amide bonds. The SMILES string of the molecule is [CH2]CCC/C=C/CCCC=C. The number of rotatable bonds is 7. The van der Waals surface area contributed by atoms with Crippen LogP contribution in [0.1, 0.15) is 38.5 Å². The van der Waals surface area contributed by atoms with E-state index in [9.17, 15) is 0 Å². The summed E-state index contributed by atoms with van der Waals surface area (Å²) in [5.74, 6) is 0. The molecule has 0 spiro atoms. The van der Waals surface area contributed by atoms with E-state index in [4.69, 9.17) is 0 Å². The molecule has 0 saturated carbocycles. The standard InChI is InChI=1S/C11H19/c1-3-5-7-9-11-10-8-6-4-2/h3,10-11H,1-2,4-9H2/b11-10+. The molecule has 0 aromatic carbocycles. The molecule has 63 valence electrons. The third kappa shape index (κ3) is 9.48. The monoisotopic (exact) mass is 151 g/mol. The Morgan fingerprint density at radius 1 is 0.909 bits per heavy atom. The third-order valence-electron chi connectivity index (χ3n) is 1.57. The van der Waals surface area contributed by atoms with E-state index in [1.807, 2.05) is 6.08 Å². The van der Waals surface area contributed by atoms with E-state index < -0.39 is 0 Å². The Morgan fingerprint density at radius 2 is 1.55 bits per heavy atom. The Balaban J connectivity index is 2.97. The lowest BCUT2D eigenvalue weighted by atomic mass is 10.2. The zero-order chi connectivity index (χ0) is 8.36. The van der Waals surface area contributed by atoms with Gasteiger partial charge in [-0.05, 0) is 32.1 Å². The molecule has 0 heterocycles. The van der Waals surface area contributed by atoms with Gasteiger partial charge in [-0.3, -0.25) is 0 Å². The summed E-state index contributed by atoms with van der Waals surface area (Å²) in [7, 11) is 0. The van der Waals surface area contributed by atoms with Gasteiger partial charge in [0.2, 0.25) is 0 Å².